The van der Waals surface area contributed by atoms with Crippen LogP contribution < -0.4 is 10.7 Å². The van der Waals surface area contributed by atoms with Crippen LogP contribution >= 0.6 is 11.3 Å². The van der Waals surface area contributed by atoms with Crippen LogP contribution in [0.3, 0.4) is 0 Å². The third-order valence-corrected chi connectivity index (χ3v) is 2.91. The molecule has 0 saturated heterocycles. The molecule has 1 aliphatic rings. The minimum atomic E-state index is -0.750. The van der Waals surface area contributed by atoms with E-state index in [-0.39, 0.29) is 6.04 Å². The number of thiazole rings is 1. The SMILES string of the molecule is Cc1nc(/C=N\NC(=O)C(=O)NC2CC2)cs1. The fraction of sp³-hybridized carbons (Fsp3) is 0.400. The molecule has 1 heterocycles. The fourth-order valence-corrected chi connectivity index (χ4v) is 1.69. The van der Waals surface area contributed by atoms with Gasteiger partial charge in [0.1, 0.15) is 0 Å². The number of rotatable bonds is 3. The summed E-state index contributed by atoms with van der Waals surface area (Å²) in [6.45, 7) is 1.88. The number of hydrazone groups is 1. The van der Waals surface area contributed by atoms with Crippen LogP contribution in [-0.2, 0) is 9.59 Å². The molecule has 2 rings (SSSR count). The molecule has 0 aromatic carbocycles. The van der Waals surface area contributed by atoms with Gasteiger partial charge < -0.3 is 5.32 Å². The average Bonchev–Trinajstić information content (AvgIpc) is 3.00. The van der Waals surface area contributed by atoms with Crippen molar-refractivity contribution in [2.75, 3.05) is 0 Å². The molecular weight excluding hydrogens is 240 g/mol. The van der Waals surface area contributed by atoms with E-state index in [1.54, 1.807) is 0 Å². The van der Waals surface area contributed by atoms with Crippen molar-refractivity contribution in [2.45, 2.75) is 25.8 Å². The van der Waals surface area contributed by atoms with E-state index >= 15 is 0 Å². The van der Waals surface area contributed by atoms with Crippen molar-refractivity contribution in [1.82, 2.24) is 15.7 Å². The molecule has 1 saturated carbocycles. The number of hydrogen-bond donors (Lipinski definition) is 2. The number of carbonyl (C=O) groups excluding carboxylic acids is 2. The van der Waals surface area contributed by atoms with E-state index in [0.29, 0.717) is 5.69 Å². The van der Waals surface area contributed by atoms with Gasteiger partial charge in [-0.25, -0.2) is 10.4 Å². The third-order valence-electron chi connectivity index (χ3n) is 2.12. The molecule has 0 atom stereocenters. The molecule has 0 spiro atoms. The van der Waals surface area contributed by atoms with Crippen LogP contribution in [0.2, 0.25) is 0 Å². The topological polar surface area (TPSA) is 83.5 Å². The summed E-state index contributed by atoms with van der Waals surface area (Å²) in [5, 5.41) is 8.97. The van der Waals surface area contributed by atoms with Crippen molar-refractivity contribution in [3.63, 3.8) is 0 Å². The van der Waals surface area contributed by atoms with Crippen LogP contribution in [0.4, 0.5) is 0 Å². The summed E-state index contributed by atoms with van der Waals surface area (Å²) < 4.78 is 0. The highest BCUT2D eigenvalue weighted by Crippen LogP contribution is 2.18. The Balaban J connectivity index is 1.78. The molecule has 90 valence electrons. The molecule has 6 nitrogen and oxygen atoms in total. The Hall–Kier alpha value is -1.76. The Kier molecular flexibility index (Phi) is 3.48. The van der Waals surface area contributed by atoms with Gasteiger partial charge in [0.15, 0.2) is 0 Å². The molecule has 0 aliphatic heterocycles. The number of nitrogens with zero attached hydrogens (tertiary/aromatic N) is 2. The van der Waals surface area contributed by atoms with Gasteiger partial charge in [-0.1, -0.05) is 0 Å². The largest absolute Gasteiger partial charge is 0.345 e. The Bertz CT molecular complexity index is 465. The van der Waals surface area contributed by atoms with E-state index in [9.17, 15) is 9.59 Å². The van der Waals surface area contributed by atoms with Crippen molar-refractivity contribution in [1.29, 1.82) is 0 Å². The second-order valence-corrected chi connectivity index (χ2v) is 4.80. The van der Waals surface area contributed by atoms with Gasteiger partial charge in [0.2, 0.25) is 0 Å². The first-order valence-corrected chi connectivity index (χ1v) is 6.09. The van der Waals surface area contributed by atoms with E-state index in [0.717, 1.165) is 17.8 Å². The predicted octanol–water partition coefficient (Wildman–Crippen LogP) is 0.180. The van der Waals surface area contributed by atoms with Gasteiger partial charge in [-0.15, -0.1) is 11.3 Å². The zero-order chi connectivity index (χ0) is 12.3. The standard InChI is InChI=1S/C10H12N4O2S/c1-6-12-8(5-17-6)4-11-14-10(16)9(15)13-7-2-3-7/h4-5,7H,2-3H2,1H3,(H,13,15)(H,14,16)/b11-4-. The van der Waals surface area contributed by atoms with Gasteiger partial charge in [0.25, 0.3) is 0 Å². The zero-order valence-electron chi connectivity index (χ0n) is 9.27. The lowest BCUT2D eigenvalue weighted by Crippen LogP contribution is -2.38. The molecule has 1 fully saturated rings. The maximum Gasteiger partial charge on any atom is 0.329 e. The van der Waals surface area contributed by atoms with Gasteiger partial charge in [-0.2, -0.15) is 5.10 Å². The van der Waals surface area contributed by atoms with Crippen LogP contribution in [0.15, 0.2) is 10.5 Å². The van der Waals surface area contributed by atoms with Crippen LogP contribution in [0.1, 0.15) is 23.5 Å². The number of hydrogen-bond acceptors (Lipinski definition) is 5. The van der Waals surface area contributed by atoms with E-state index in [2.05, 4.69) is 20.8 Å². The quantitative estimate of drug-likeness (QED) is 0.457. The van der Waals surface area contributed by atoms with Crippen molar-refractivity contribution in [3.05, 3.63) is 16.1 Å². The highest BCUT2D eigenvalue weighted by molar-refractivity contribution is 7.09. The van der Waals surface area contributed by atoms with Gasteiger partial charge in [0.05, 0.1) is 16.9 Å². The van der Waals surface area contributed by atoms with Crippen LogP contribution in [0, 0.1) is 6.92 Å². The minimum absolute atomic E-state index is 0.165. The van der Waals surface area contributed by atoms with Crippen molar-refractivity contribution in [2.24, 2.45) is 5.10 Å². The first-order valence-electron chi connectivity index (χ1n) is 5.21. The lowest BCUT2D eigenvalue weighted by molar-refractivity contribution is -0.139. The molecule has 2 N–H and O–H groups in total. The van der Waals surface area contributed by atoms with Gasteiger partial charge in [-0.05, 0) is 19.8 Å². The highest BCUT2D eigenvalue weighted by atomic mass is 32.1. The average molecular weight is 252 g/mol. The summed E-state index contributed by atoms with van der Waals surface area (Å²) in [6.07, 6.45) is 3.30. The normalized spacial score (nSPS) is 14.9. The van der Waals surface area contributed by atoms with E-state index < -0.39 is 11.8 Å². The predicted molar refractivity (Wildman–Crippen MR) is 63.8 cm³/mol. The number of amides is 2. The Morgan fingerprint density at radius 2 is 2.29 bits per heavy atom. The molecule has 1 aromatic rings. The first kappa shape index (κ1) is 11.7. The highest BCUT2D eigenvalue weighted by Gasteiger charge is 2.26. The number of aromatic nitrogens is 1. The Morgan fingerprint density at radius 1 is 1.53 bits per heavy atom. The Labute approximate surface area is 102 Å². The molecule has 17 heavy (non-hydrogen) atoms. The summed E-state index contributed by atoms with van der Waals surface area (Å²) in [6, 6.07) is 0.165. The second kappa shape index (κ2) is 5.05. The van der Waals surface area contributed by atoms with E-state index in [1.807, 2.05) is 12.3 Å². The molecule has 0 unspecified atom stereocenters. The Morgan fingerprint density at radius 3 is 2.88 bits per heavy atom. The zero-order valence-corrected chi connectivity index (χ0v) is 10.1. The summed E-state index contributed by atoms with van der Waals surface area (Å²) in [5.74, 6) is -1.39. The van der Waals surface area contributed by atoms with E-state index in [1.165, 1.54) is 17.6 Å². The number of nitrogens with one attached hydrogen (secondary N) is 2. The molecule has 2 amide bonds. The van der Waals surface area contributed by atoms with Crippen molar-refractivity contribution in [3.8, 4) is 0 Å². The van der Waals surface area contributed by atoms with Crippen LogP contribution in [0.5, 0.6) is 0 Å². The van der Waals surface area contributed by atoms with Crippen molar-refractivity contribution < 1.29 is 9.59 Å². The van der Waals surface area contributed by atoms with Crippen LogP contribution in [-0.4, -0.2) is 29.1 Å². The summed E-state index contributed by atoms with van der Waals surface area (Å²) in [5.41, 5.74) is 2.82. The maximum atomic E-state index is 11.2. The number of carbonyl (C=O) groups is 2. The molecule has 0 bridgehead atoms. The van der Waals surface area contributed by atoms with Gasteiger partial charge in [0, 0.05) is 11.4 Å². The third kappa shape index (κ3) is 3.63. The molecule has 0 radical (unpaired) electrons. The summed E-state index contributed by atoms with van der Waals surface area (Å²) in [4.78, 5) is 26.6. The molecule has 1 aliphatic carbocycles. The van der Waals surface area contributed by atoms with Gasteiger partial charge >= 0.3 is 11.8 Å². The van der Waals surface area contributed by atoms with Crippen LogP contribution in [0.25, 0.3) is 0 Å². The lowest BCUT2D eigenvalue weighted by Gasteiger charge is -1.99. The maximum absolute atomic E-state index is 11.2. The molecular formula is C10H12N4O2S. The van der Waals surface area contributed by atoms with E-state index in [4.69, 9.17) is 0 Å². The minimum Gasteiger partial charge on any atom is -0.345 e. The van der Waals surface area contributed by atoms with Crippen molar-refractivity contribution >= 4 is 29.4 Å². The smallest absolute Gasteiger partial charge is 0.329 e. The van der Waals surface area contributed by atoms with Gasteiger partial charge in [-0.3, -0.25) is 9.59 Å². The monoisotopic (exact) mass is 252 g/mol. The fourth-order valence-electron chi connectivity index (χ4n) is 1.13. The number of aryl methyl sites for hydroxylation is 1. The summed E-state index contributed by atoms with van der Waals surface area (Å²) in [7, 11) is 0. The molecule has 1 aromatic heterocycles. The molecule has 7 heteroatoms. The second-order valence-electron chi connectivity index (χ2n) is 3.74. The summed E-state index contributed by atoms with van der Waals surface area (Å²) >= 11 is 1.49. The first-order chi connectivity index (χ1) is 8.15. The lowest BCUT2D eigenvalue weighted by atomic mass is 10.5.